The molecular formula is C23H29N7O5S. The second-order valence-electron chi connectivity index (χ2n) is 8.37. The molecule has 1 amide bonds. The third kappa shape index (κ3) is 7.15. The van der Waals surface area contributed by atoms with Crippen LogP contribution in [0.2, 0.25) is 0 Å². The smallest absolute Gasteiger partial charge is 0.239 e. The first-order chi connectivity index (χ1) is 17.3. The second-order valence-corrected chi connectivity index (χ2v) is 10.2. The Hall–Kier alpha value is -3.71. The van der Waals surface area contributed by atoms with Crippen molar-refractivity contribution >= 4 is 21.7 Å². The van der Waals surface area contributed by atoms with E-state index in [-0.39, 0.29) is 25.8 Å². The first-order valence-corrected chi connectivity index (χ1v) is 13.3. The van der Waals surface area contributed by atoms with Crippen LogP contribution in [0.3, 0.4) is 0 Å². The van der Waals surface area contributed by atoms with Crippen molar-refractivity contribution in [2.75, 3.05) is 44.1 Å². The van der Waals surface area contributed by atoms with Crippen molar-refractivity contribution in [3.63, 3.8) is 0 Å². The highest BCUT2D eigenvalue weighted by molar-refractivity contribution is 7.88. The molecule has 0 unspecified atom stereocenters. The summed E-state index contributed by atoms with van der Waals surface area (Å²) >= 11 is 0. The minimum absolute atomic E-state index is 0.0554. The predicted octanol–water partition coefficient (Wildman–Crippen LogP) is 0.804. The third-order valence-electron chi connectivity index (χ3n) is 5.36. The van der Waals surface area contributed by atoms with Gasteiger partial charge in [0.05, 0.1) is 12.8 Å². The third-order valence-corrected chi connectivity index (χ3v) is 6.09. The number of rotatable bonds is 12. The van der Waals surface area contributed by atoms with Crippen molar-refractivity contribution < 1.29 is 22.7 Å². The molecule has 192 valence electrons. The number of benzene rings is 1. The number of fused-ring (bicyclic) bond motifs is 1. The molecule has 0 bridgehead atoms. The van der Waals surface area contributed by atoms with Gasteiger partial charge in [-0.25, -0.2) is 23.1 Å². The van der Waals surface area contributed by atoms with E-state index >= 15 is 0 Å². The molecule has 36 heavy (non-hydrogen) atoms. The van der Waals surface area contributed by atoms with E-state index in [0.29, 0.717) is 43.4 Å². The minimum atomic E-state index is -3.30. The lowest BCUT2D eigenvalue weighted by Gasteiger charge is -2.24. The molecule has 0 saturated carbocycles. The number of aryl methyl sites for hydroxylation is 1. The number of sulfonamides is 1. The molecule has 1 aliphatic heterocycles. The molecule has 1 aromatic carbocycles. The monoisotopic (exact) mass is 515 g/mol. The van der Waals surface area contributed by atoms with Crippen LogP contribution in [0, 0.1) is 6.92 Å². The van der Waals surface area contributed by atoms with Crippen LogP contribution in [0.5, 0.6) is 11.5 Å². The number of amides is 1. The molecule has 13 heteroatoms. The van der Waals surface area contributed by atoms with Crippen LogP contribution in [-0.2, 0) is 21.2 Å². The molecule has 3 heterocycles. The fourth-order valence-corrected chi connectivity index (χ4v) is 4.18. The Balaban J connectivity index is 1.40. The maximum atomic E-state index is 12.8. The first-order valence-electron chi connectivity index (χ1n) is 11.5. The van der Waals surface area contributed by atoms with Crippen LogP contribution in [0.4, 0.5) is 5.82 Å². The molecule has 0 aliphatic carbocycles. The molecular weight excluding hydrogens is 486 g/mol. The Morgan fingerprint density at radius 1 is 1.17 bits per heavy atom. The van der Waals surface area contributed by atoms with Gasteiger partial charge in [-0.2, -0.15) is 4.98 Å². The Morgan fingerprint density at radius 2 is 2.00 bits per heavy atom. The molecule has 12 nitrogen and oxygen atoms in total. The Morgan fingerprint density at radius 3 is 2.78 bits per heavy atom. The molecule has 0 saturated heterocycles. The van der Waals surface area contributed by atoms with Gasteiger partial charge < -0.3 is 19.7 Å². The second kappa shape index (κ2) is 11.4. The van der Waals surface area contributed by atoms with E-state index < -0.39 is 10.0 Å². The minimum Gasteiger partial charge on any atom is -0.454 e. The lowest BCUT2D eigenvalue weighted by molar-refractivity contribution is -0.119. The normalized spacial score (nSPS) is 12.5. The molecule has 0 radical (unpaired) electrons. The zero-order valence-electron chi connectivity index (χ0n) is 20.2. The van der Waals surface area contributed by atoms with Crippen molar-refractivity contribution in [3.05, 3.63) is 54.2 Å². The number of ether oxygens (including phenoxy) is 2. The summed E-state index contributed by atoms with van der Waals surface area (Å²) in [4.78, 5) is 27.7. The molecule has 0 atom stereocenters. The Bertz CT molecular complexity index is 1300. The number of aromatic nitrogens is 4. The summed E-state index contributed by atoms with van der Waals surface area (Å²) < 4.78 is 37.7. The Kier molecular flexibility index (Phi) is 8.00. The highest BCUT2D eigenvalue weighted by atomic mass is 32.2. The van der Waals surface area contributed by atoms with Crippen LogP contribution in [0.1, 0.15) is 17.7 Å². The number of carbonyl (C=O) groups excluding carboxylic acids is 1. The molecule has 4 rings (SSSR count). The lowest BCUT2D eigenvalue weighted by atomic mass is 10.1. The molecule has 0 fully saturated rings. The van der Waals surface area contributed by atoms with E-state index in [1.165, 1.54) is 0 Å². The van der Waals surface area contributed by atoms with Gasteiger partial charge in [-0.15, -0.1) is 0 Å². The van der Waals surface area contributed by atoms with Crippen molar-refractivity contribution in [3.8, 4) is 17.4 Å². The maximum Gasteiger partial charge on any atom is 0.239 e. The average Bonchev–Trinajstić information content (AvgIpc) is 3.52. The van der Waals surface area contributed by atoms with Crippen LogP contribution in [0.25, 0.3) is 5.95 Å². The standard InChI is InChI=1S/C23H29N7O5S/c1-17-12-21(28-23(27-17)30-11-9-24-15-30)29(10-3-7-26-36(2,32)33)14-22(31)25-8-6-18-4-5-19-20(13-18)35-16-34-19/h4-5,9,11-13,15,26H,3,6-8,10,14,16H2,1-2H3,(H,25,31). The van der Waals surface area contributed by atoms with E-state index in [0.717, 1.165) is 23.3 Å². The van der Waals surface area contributed by atoms with E-state index in [2.05, 4.69) is 25.0 Å². The fourth-order valence-electron chi connectivity index (χ4n) is 3.67. The topological polar surface area (TPSA) is 141 Å². The summed E-state index contributed by atoms with van der Waals surface area (Å²) in [5.74, 6) is 2.26. The number of nitrogens with one attached hydrogen (secondary N) is 2. The molecule has 2 aromatic heterocycles. The van der Waals surface area contributed by atoms with E-state index in [9.17, 15) is 13.2 Å². The van der Waals surface area contributed by atoms with E-state index in [4.69, 9.17) is 9.47 Å². The highest BCUT2D eigenvalue weighted by Crippen LogP contribution is 2.32. The quantitative estimate of drug-likeness (QED) is 0.335. The van der Waals surface area contributed by atoms with Crippen molar-refractivity contribution in [1.29, 1.82) is 0 Å². The number of anilines is 1. The number of hydrogen-bond acceptors (Lipinski definition) is 9. The predicted molar refractivity (Wildman–Crippen MR) is 133 cm³/mol. The molecule has 1 aliphatic rings. The van der Waals surface area contributed by atoms with Gasteiger partial charge in [-0.3, -0.25) is 9.36 Å². The van der Waals surface area contributed by atoms with E-state index in [1.54, 1.807) is 29.4 Å². The summed E-state index contributed by atoms with van der Waals surface area (Å²) in [6.07, 6.45) is 7.21. The number of carbonyl (C=O) groups is 1. The van der Waals surface area contributed by atoms with Gasteiger partial charge in [0.1, 0.15) is 12.1 Å². The maximum absolute atomic E-state index is 12.8. The van der Waals surface area contributed by atoms with Gasteiger partial charge in [-0.05, 0) is 37.5 Å². The van der Waals surface area contributed by atoms with Crippen molar-refractivity contribution in [2.24, 2.45) is 0 Å². The van der Waals surface area contributed by atoms with Gasteiger partial charge in [0.2, 0.25) is 28.7 Å². The van der Waals surface area contributed by atoms with Gasteiger partial charge in [-0.1, -0.05) is 6.07 Å². The summed E-state index contributed by atoms with van der Waals surface area (Å²) in [5, 5.41) is 2.95. The van der Waals surface area contributed by atoms with E-state index in [1.807, 2.05) is 30.0 Å². The van der Waals surface area contributed by atoms with Crippen LogP contribution in [0.15, 0.2) is 43.0 Å². The van der Waals surface area contributed by atoms with Gasteiger partial charge in [0.15, 0.2) is 11.5 Å². The highest BCUT2D eigenvalue weighted by Gasteiger charge is 2.17. The van der Waals surface area contributed by atoms with Crippen LogP contribution in [-0.4, -0.2) is 73.1 Å². The number of hydrogen-bond donors (Lipinski definition) is 2. The molecule has 2 N–H and O–H groups in total. The largest absolute Gasteiger partial charge is 0.454 e. The first kappa shape index (κ1) is 25.4. The van der Waals surface area contributed by atoms with Crippen molar-refractivity contribution in [2.45, 2.75) is 19.8 Å². The van der Waals surface area contributed by atoms with Crippen LogP contribution < -0.4 is 24.4 Å². The lowest BCUT2D eigenvalue weighted by Crippen LogP contribution is -2.40. The summed E-state index contributed by atoms with van der Waals surface area (Å²) in [7, 11) is -3.30. The number of nitrogens with zero attached hydrogens (tertiary/aromatic N) is 5. The zero-order valence-corrected chi connectivity index (χ0v) is 21.0. The Labute approximate surface area is 209 Å². The summed E-state index contributed by atoms with van der Waals surface area (Å²) in [5.41, 5.74) is 1.76. The molecule has 3 aromatic rings. The number of imidazole rings is 1. The summed E-state index contributed by atoms with van der Waals surface area (Å²) in [6, 6.07) is 7.52. The van der Waals surface area contributed by atoms with Crippen molar-refractivity contribution in [1.82, 2.24) is 29.6 Å². The zero-order chi connectivity index (χ0) is 25.5. The van der Waals surface area contributed by atoms with Gasteiger partial charge >= 0.3 is 0 Å². The summed E-state index contributed by atoms with van der Waals surface area (Å²) in [6.45, 7) is 3.24. The molecule has 0 spiro atoms. The van der Waals surface area contributed by atoms with Crippen LogP contribution >= 0.6 is 0 Å². The fraction of sp³-hybridized carbons (Fsp3) is 0.391. The van der Waals surface area contributed by atoms with Gasteiger partial charge in [0, 0.05) is 43.8 Å². The van der Waals surface area contributed by atoms with Gasteiger partial charge in [0.25, 0.3) is 0 Å². The average molecular weight is 516 g/mol. The SMILES string of the molecule is Cc1cc(N(CCCNS(C)(=O)=O)CC(=O)NCCc2ccc3c(c2)OCO3)nc(-n2ccnc2)n1.